The maximum absolute atomic E-state index is 12.3. The van der Waals surface area contributed by atoms with Crippen LogP contribution >= 0.6 is 15.9 Å². The molecule has 0 radical (unpaired) electrons. The van der Waals surface area contributed by atoms with Gasteiger partial charge in [0.2, 0.25) is 5.91 Å². The Kier molecular flexibility index (Phi) is 4.41. The first-order valence-corrected chi connectivity index (χ1v) is 8.56. The summed E-state index contributed by atoms with van der Waals surface area (Å²) >= 11 is 3.41. The minimum atomic E-state index is -0.277. The second-order valence-corrected chi connectivity index (χ2v) is 7.49. The molecule has 24 heavy (non-hydrogen) atoms. The van der Waals surface area contributed by atoms with Crippen LogP contribution in [0.2, 0.25) is 0 Å². The number of hydrogen-bond acceptors (Lipinski definition) is 2. The van der Waals surface area contributed by atoms with Gasteiger partial charge in [0.1, 0.15) is 0 Å². The first-order valence-electron chi connectivity index (χ1n) is 7.77. The lowest BCUT2D eigenvalue weighted by atomic mass is 9.82. The predicted molar refractivity (Wildman–Crippen MR) is 100 cm³/mol. The number of carbonyl (C=O) groups excluding carboxylic acids is 2. The molecule has 1 fully saturated rings. The van der Waals surface area contributed by atoms with Crippen LogP contribution in [0.5, 0.6) is 0 Å². The highest BCUT2D eigenvalue weighted by Gasteiger charge is 2.44. The number of ketones is 1. The second kappa shape index (κ2) is 6.36. The summed E-state index contributed by atoms with van der Waals surface area (Å²) < 4.78 is 0.976. The van der Waals surface area contributed by atoms with E-state index in [2.05, 4.69) is 15.9 Å². The van der Waals surface area contributed by atoms with Gasteiger partial charge in [0.25, 0.3) is 0 Å². The molecule has 1 aliphatic heterocycles. The minimum Gasteiger partial charge on any atom is -0.311 e. The third-order valence-electron chi connectivity index (χ3n) is 4.12. The molecular weight excluding hydrogens is 366 g/mol. The topological polar surface area (TPSA) is 37.4 Å². The Balaban J connectivity index is 1.69. The molecule has 122 valence electrons. The van der Waals surface area contributed by atoms with E-state index in [1.807, 2.05) is 50.2 Å². The number of β-lactam (4-membered cyclic amide) rings is 1. The monoisotopic (exact) mass is 383 g/mol. The molecule has 2 aromatic carbocycles. The van der Waals surface area contributed by atoms with Crippen molar-refractivity contribution in [2.45, 2.75) is 13.8 Å². The summed E-state index contributed by atoms with van der Waals surface area (Å²) in [4.78, 5) is 26.0. The van der Waals surface area contributed by atoms with Gasteiger partial charge in [0.15, 0.2) is 5.78 Å². The van der Waals surface area contributed by atoms with Gasteiger partial charge < -0.3 is 4.90 Å². The average molecular weight is 384 g/mol. The Hall–Kier alpha value is -2.20. The molecule has 3 rings (SSSR count). The SMILES string of the molecule is CC1(C)CN(c2ccc(C(=O)/C=C/c3cccc(Br)c3)cc2)C1=O. The maximum atomic E-state index is 12.3. The fraction of sp³-hybridized carbons (Fsp3) is 0.200. The van der Waals surface area contributed by atoms with E-state index in [-0.39, 0.29) is 17.1 Å². The van der Waals surface area contributed by atoms with Gasteiger partial charge in [-0.3, -0.25) is 9.59 Å². The number of amides is 1. The molecule has 2 aromatic rings. The molecule has 0 atom stereocenters. The highest BCUT2D eigenvalue weighted by molar-refractivity contribution is 9.10. The van der Waals surface area contributed by atoms with Crippen molar-refractivity contribution in [3.8, 4) is 0 Å². The molecule has 0 aromatic heterocycles. The Labute approximate surface area is 150 Å². The smallest absolute Gasteiger partial charge is 0.234 e. The number of halogens is 1. The lowest BCUT2D eigenvalue weighted by Crippen LogP contribution is -2.58. The minimum absolute atomic E-state index is 0.0585. The highest BCUT2D eigenvalue weighted by Crippen LogP contribution is 2.35. The van der Waals surface area contributed by atoms with E-state index in [9.17, 15) is 9.59 Å². The van der Waals surface area contributed by atoms with E-state index in [1.165, 1.54) is 0 Å². The normalized spacial score (nSPS) is 16.3. The third kappa shape index (κ3) is 3.34. The molecular formula is C20H18BrNO2. The van der Waals surface area contributed by atoms with Gasteiger partial charge in [0, 0.05) is 22.3 Å². The number of allylic oxidation sites excluding steroid dienone is 1. The number of benzene rings is 2. The Morgan fingerprint density at radius 3 is 2.46 bits per heavy atom. The average Bonchev–Trinajstić information content (AvgIpc) is 2.58. The van der Waals surface area contributed by atoms with Crippen molar-refractivity contribution in [2.24, 2.45) is 5.41 Å². The Morgan fingerprint density at radius 1 is 1.17 bits per heavy atom. The molecule has 3 nitrogen and oxygen atoms in total. The maximum Gasteiger partial charge on any atom is 0.234 e. The summed E-state index contributed by atoms with van der Waals surface area (Å²) in [6, 6.07) is 14.9. The van der Waals surface area contributed by atoms with Crippen molar-refractivity contribution in [3.63, 3.8) is 0 Å². The molecule has 0 saturated carbocycles. The van der Waals surface area contributed by atoms with Crippen molar-refractivity contribution in [1.82, 2.24) is 0 Å². The largest absolute Gasteiger partial charge is 0.311 e. The lowest BCUT2D eigenvalue weighted by Gasteiger charge is -2.44. The molecule has 0 bridgehead atoms. The first kappa shape index (κ1) is 16.7. The van der Waals surface area contributed by atoms with Crippen LogP contribution in [-0.4, -0.2) is 18.2 Å². The number of hydrogen-bond donors (Lipinski definition) is 0. The van der Waals surface area contributed by atoms with Crippen LogP contribution in [-0.2, 0) is 4.79 Å². The van der Waals surface area contributed by atoms with E-state index in [0.29, 0.717) is 12.1 Å². The standard InChI is InChI=1S/C20H18BrNO2/c1-20(2)13-22(19(20)24)17-9-7-15(8-10-17)18(23)11-6-14-4-3-5-16(21)12-14/h3-12H,13H2,1-2H3/b11-6+. The fourth-order valence-electron chi connectivity index (χ4n) is 2.70. The third-order valence-corrected chi connectivity index (χ3v) is 4.61. The molecule has 0 aliphatic carbocycles. The zero-order chi connectivity index (χ0) is 17.3. The fourth-order valence-corrected chi connectivity index (χ4v) is 3.12. The molecule has 1 heterocycles. The van der Waals surface area contributed by atoms with Crippen LogP contribution < -0.4 is 4.90 Å². The number of carbonyl (C=O) groups is 2. The van der Waals surface area contributed by atoms with Gasteiger partial charge in [-0.2, -0.15) is 0 Å². The summed E-state index contributed by atoms with van der Waals surface area (Å²) in [6.07, 6.45) is 3.36. The van der Waals surface area contributed by atoms with Crippen LogP contribution in [0.4, 0.5) is 5.69 Å². The quantitative estimate of drug-likeness (QED) is 0.435. The zero-order valence-electron chi connectivity index (χ0n) is 13.6. The highest BCUT2D eigenvalue weighted by atomic mass is 79.9. The molecule has 4 heteroatoms. The summed E-state index contributed by atoms with van der Waals surface area (Å²) in [7, 11) is 0. The van der Waals surface area contributed by atoms with E-state index < -0.39 is 0 Å². The summed E-state index contributed by atoms with van der Waals surface area (Å²) in [5.74, 6) is 0.0629. The molecule has 0 N–H and O–H groups in total. The summed E-state index contributed by atoms with van der Waals surface area (Å²) in [6.45, 7) is 4.59. The first-order chi connectivity index (χ1) is 11.4. The van der Waals surface area contributed by atoms with E-state index in [4.69, 9.17) is 0 Å². The zero-order valence-corrected chi connectivity index (χ0v) is 15.2. The van der Waals surface area contributed by atoms with Crippen molar-refractivity contribution >= 4 is 39.4 Å². The number of anilines is 1. The van der Waals surface area contributed by atoms with E-state index in [1.54, 1.807) is 29.2 Å². The number of nitrogens with zero attached hydrogens (tertiary/aromatic N) is 1. The van der Waals surface area contributed by atoms with Crippen LogP contribution in [0, 0.1) is 5.41 Å². The van der Waals surface area contributed by atoms with Crippen molar-refractivity contribution in [1.29, 1.82) is 0 Å². The van der Waals surface area contributed by atoms with Gasteiger partial charge >= 0.3 is 0 Å². The van der Waals surface area contributed by atoms with Crippen molar-refractivity contribution < 1.29 is 9.59 Å². The van der Waals surface area contributed by atoms with Gasteiger partial charge in [-0.15, -0.1) is 0 Å². The Bertz CT molecular complexity index is 822. The van der Waals surface area contributed by atoms with Crippen LogP contribution in [0.3, 0.4) is 0 Å². The summed E-state index contributed by atoms with van der Waals surface area (Å²) in [5.41, 5.74) is 2.13. The van der Waals surface area contributed by atoms with Crippen LogP contribution in [0.15, 0.2) is 59.1 Å². The molecule has 1 amide bonds. The van der Waals surface area contributed by atoms with Crippen LogP contribution in [0.1, 0.15) is 29.8 Å². The van der Waals surface area contributed by atoms with E-state index >= 15 is 0 Å². The van der Waals surface area contributed by atoms with Crippen LogP contribution in [0.25, 0.3) is 6.08 Å². The van der Waals surface area contributed by atoms with Gasteiger partial charge in [-0.1, -0.05) is 34.1 Å². The van der Waals surface area contributed by atoms with Crippen molar-refractivity contribution in [2.75, 3.05) is 11.4 Å². The molecule has 1 saturated heterocycles. The van der Waals surface area contributed by atoms with Gasteiger partial charge in [-0.25, -0.2) is 0 Å². The lowest BCUT2D eigenvalue weighted by molar-refractivity contribution is -0.132. The molecule has 0 unspecified atom stereocenters. The second-order valence-electron chi connectivity index (χ2n) is 6.57. The summed E-state index contributed by atoms with van der Waals surface area (Å²) in [5, 5.41) is 0. The number of rotatable bonds is 4. The predicted octanol–water partition coefficient (Wildman–Crippen LogP) is 4.72. The van der Waals surface area contributed by atoms with Crippen molar-refractivity contribution in [3.05, 3.63) is 70.2 Å². The van der Waals surface area contributed by atoms with E-state index in [0.717, 1.165) is 15.7 Å². The molecule has 1 aliphatic rings. The molecule has 0 spiro atoms. The van der Waals surface area contributed by atoms with Gasteiger partial charge in [0.05, 0.1) is 5.41 Å². The van der Waals surface area contributed by atoms with Gasteiger partial charge in [-0.05, 0) is 61.9 Å². The Morgan fingerprint density at radius 2 is 1.88 bits per heavy atom.